The number of nitrogens with zero attached hydrogens (tertiary/aromatic N) is 1. The Morgan fingerprint density at radius 3 is 2.91 bits per heavy atom. The molecule has 2 atom stereocenters. The number of guanidine groups is 1. The van der Waals surface area contributed by atoms with Gasteiger partial charge in [0.2, 0.25) is 0 Å². The Morgan fingerprint density at radius 1 is 1.45 bits per heavy atom. The molecule has 132 valence electrons. The van der Waals surface area contributed by atoms with Crippen LogP contribution in [0.25, 0.3) is 0 Å². The molecular formula is C15H32IN3O2S. The van der Waals surface area contributed by atoms with Gasteiger partial charge in [-0.1, -0.05) is 6.92 Å². The molecule has 1 rings (SSSR count). The lowest BCUT2D eigenvalue weighted by atomic mass is 10.2. The normalized spacial score (nSPS) is 19.6. The molecule has 2 unspecified atom stereocenters. The number of ether oxygens (including phenoxy) is 2. The summed E-state index contributed by atoms with van der Waals surface area (Å²) in [6.07, 6.45) is 5.74. The summed E-state index contributed by atoms with van der Waals surface area (Å²) in [4.78, 5) is 4.58. The monoisotopic (exact) mass is 445 g/mol. The van der Waals surface area contributed by atoms with Crippen LogP contribution in [-0.4, -0.2) is 63.0 Å². The Hall–Kier alpha value is 0.270. The maximum Gasteiger partial charge on any atom is 0.191 e. The summed E-state index contributed by atoms with van der Waals surface area (Å²) < 4.78 is 11.2. The molecule has 22 heavy (non-hydrogen) atoms. The summed E-state index contributed by atoms with van der Waals surface area (Å²) in [5.74, 6) is 0.900. The van der Waals surface area contributed by atoms with E-state index in [-0.39, 0.29) is 24.0 Å². The van der Waals surface area contributed by atoms with E-state index in [1.807, 2.05) is 11.8 Å². The van der Waals surface area contributed by atoms with Crippen LogP contribution in [0.2, 0.25) is 0 Å². The second kappa shape index (κ2) is 14.8. The third kappa shape index (κ3) is 10.9. The molecule has 7 heteroatoms. The Balaban J connectivity index is 0.00000441. The van der Waals surface area contributed by atoms with Gasteiger partial charge in [-0.25, -0.2) is 0 Å². The first kappa shape index (κ1) is 22.3. The second-order valence-corrected chi connectivity index (χ2v) is 6.53. The molecule has 0 amide bonds. The molecule has 0 aliphatic carbocycles. The van der Waals surface area contributed by atoms with Crippen molar-refractivity contribution in [2.45, 2.75) is 44.5 Å². The van der Waals surface area contributed by atoms with Crippen LogP contribution in [-0.2, 0) is 9.47 Å². The van der Waals surface area contributed by atoms with Crippen LogP contribution in [0.1, 0.15) is 33.1 Å². The van der Waals surface area contributed by atoms with E-state index >= 15 is 0 Å². The smallest absolute Gasteiger partial charge is 0.191 e. The summed E-state index contributed by atoms with van der Waals surface area (Å²) in [7, 11) is 0. The Morgan fingerprint density at radius 2 is 2.27 bits per heavy atom. The van der Waals surface area contributed by atoms with Gasteiger partial charge in [-0.2, -0.15) is 11.8 Å². The predicted octanol–water partition coefficient (Wildman–Crippen LogP) is 2.50. The quantitative estimate of drug-likeness (QED) is 0.234. The zero-order valence-electron chi connectivity index (χ0n) is 14.1. The summed E-state index contributed by atoms with van der Waals surface area (Å²) >= 11 is 1.84. The fourth-order valence-electron chi connectivity index (χ4n) is 2.01. The van der Waals surface area contributed by atoms with Crippen LogP contribution >= 0.6 is 35.7 Å². The summed E-state index contributed by atoms with van der Waals surface area (Å²) in [6.45, 7) is 9.28. The number of halogens is 1. The van der Waals surface area contributed by atoms with Gasteiger partial charge in [0.05, 0.1) is 19.3 Å². The molecule has 1 aliphatic heterocycles. The minimum absolute atomic E-state index is 0. The lowest BCUT2D eigenvalue weighted by Gasteiger charge is -2.13. The topological polar surface area (TPSA) is 54.9 Å². The lowest BCUT2D eigenvalue weighted by molar-refractivity contribution is 0.0168. The standard InChI is InChI=1S/C15H31N3O2S.HI/c1-4-16-15(18-11-13(2)21-3)17-8-6-9-19-12-14-7-5-10-20-14;/h13-14H,4-12H2,1-3H3,(H2,16,17,18);1H. The van der Waals surface area contributed by atoms with Crippen LogP contribution in [0.5, 0.6) is 0 Å². The van der Waals surface area contributed by atoms with Crippen LogP contribution in [0.4, 0.5) is 0 Å². The van der Waals surface area contributed by atoms with E-state index in [0.717, 1.165) is 58.3 Å². The maximum absolute atomic E-state index is 5.65. The molecule has 0 aromatic rings. The molecule has 0 aromatic heterocycles. The molecule has 0 radical (unpaired) electrons. The van der Waals surface area contributed by atoms with Crippen molar-refractivity contribution in [3.8, 4) is 0 Å². The summed E-state index contributed by atoms with van der Waals surface area (Å²) in [6, 6.07) is 0. The second-order valence-electron chi connectivity index (χ2n) is 5.26. The van der Waals surface area contributed by atoms with E-state index in [4.69, 9.17) is 9.47 Å². The van der Waals surface area contributed by atoms with Crippen molar-refractivity contribution < 1.29 is 9.47 Å². The van der Waals surface area contributed by atoms with Crippen LogP contribution < -0.4 is 10.6 Å². The number of thioether (sulfide) groups is 1. The fourth-order valence-corrected chi connectivity index (χ4v) is 2.23. The van der Waals surface area contributed by atoms with E-state index in [2.05, 4.69) is 35.7 Å². The predicted molar refractivity (Wildman–Crippen MR) is 107 cm³/mol. The van der Waals surface area contributed by atoms with Crippen molar-refractivity contribution in [2.75, 3.05) is 45.7 Å². The van der Waals surface area contributed by atoms with Gasteiger partial charge in [-0.15, -0.1) is 24.0 Å². The Labute approximate surface area is 156 Å². The molecular weight excluding hydrogens is 413 g/mol. The zero-order valence-corrected chi connectivity index (χ0v) is 17.2. The van der Waals surface area contributed by atoms with Gasteiger partial charge in [0.15, 0.2) is 5.96 Å². The van der Waals surface area contributed by atoms with Gasteiger partial charge in [0.25, 0.3) is 0 Å². The number of hydrogen-bond acceptors (Lipinski definition) is 4. The van der Waals surface area contributed by atoms with Crippen LogP contribution in [0, 0.1) is 0 Å². The number of nitrogens with one attached hydrogen (secondary N) is 2. The highest BCUT2D eigenvalue weighted by molar-refractivity contribution is 14.0. The first-order valence-corrected chi connectivity index (χ1v) is 9.29. The molecule has 1 heterocycles. The van der Waals surface area contributed by atoms with Crippen LogP contribution in [0.3, 0.4) is 0 Å². The molecule has 0 aromatic carbocycles. The van der Waals surface area contributed by atoms with Gasteiger partial charge in [0, 0.05) is 31.6 Å². The third-order valence-corrected chi connectivity index (χ3v) is 4.29. The zero-order chi connectivity index (χ0) is 15.3. The van der Waals surface area contributed by atoms with Gasteiger partial charge in [-0.3, -0.25) is 4.99 Å². The number of rotatable bonds is 10. The lowest BCUT2D eigenvalue weighted by Crippen LogP contribution is -2.38. The number of aliphatic imine (C=N–C) groups is 1. The van der Waals surface area contributed by atoms with Crippen molar-refractivity contribution in [3.05, 3.63) is 0 Å². The van der Waals surface area contributed by atoms with Crippen LogP contribution in [0.15, 0.2) is 4.99 Å². The van der Waals surface area contributed by atoms with E-state index in [9.17, 15) is 0 Å². The summed E-state index contributed by atoms with van der Waals surface area (Å²) in [5, 5.41) is 7.16. The molecule has 0 spiro atoms. The average molecular weight is 445 g/mol. The Bertz CT molecular complexity index is 290. The first-order valence-electron chi connectivity index (χ1n) is 8.00. The van der Waals surface area contributed by atoms with Gasteiger partial charge in [0.1, 0.15) is 0 Å². The fraction of sp³-hybridized carbons (Fsp3) is 0.933. The van der Waals surface area contributed by atoms with Gasteiger partial charge in [-0.05, 0) is 32.4 Å². The first-order chi connectivity index (χ1) is 10.3. The van der Waals surface area contributed by atoms with Crippen molar-refractivity contribution in [2.24, 2.45) is 4.99 Å². The maximum atomic E-state index is 5.65. The van der Waals surface area contributed by atoms with E-state index in [0.29, 0.717) is 11.4 Å². The van der Waals surface area contributed by atoms with Crippen molar-refractivity contribution in [1.29, 1.82) is 0 Å². The molecule has 0 bridgehead atoms. The summed E-state index contributed by atoms with van der Waals surface area (Å²) in [5.41, 5.74) is 0. The van der Waals surface area contributed by atoms with Crippen molar-refractivity contribution in [1.82, 2.24) is 10.6 Å². The van der Waals surface area contributed by atoms with Crippen molar-refractivity contribution >= 4 is 41.7 Å². The van der Waals surface area contributed by atoms with Gasteiger partial charge >= 0.3 is 0 Å². The van der Waals surface area contributed by atoms with Crippen molar-refractivity contribution in [3.63, 3.8) is 0 Å². The highest BCUT2D eigenvalue weighted by Crippen LogP contribution is 2.11. The molecule has 0 saturated carbocycles. The molecule has 1 fully saturated rings. The average Bonchev–Trinajstić information content (AvgIpc) is 3.01. The molecule has 5 nitrogen and oxygen atoms in total. The Kier molecular flexibility index (Phi) is 15.0. The minimum Gasteiger partial charge on any atom is -0.379 e. The SMILES string of the molecule is CCNC(=NCC(C)SC)NCCCOCC1CCCO1.I. The molecule has 1 aliphatic rings. The van der Waals surface area contributed by atoms with E-state index < -0.39 is 0 Å². The highest BCUT2D eigenvalue weighted by Gasteiger charge is 2.14. The van der Waals surface area contributed by atoms with E-state index in [1.54, 1.807) is 0 Å². The highest BCUT2D eigenvalue weighted by atomic mass is 127. The van der Waals surface area contributed by atoms with Gasteiger partial charge < -0.3 is 20.1 Å². The number of hydrogen-bond donors (Lipinski definition) is 2. The minimum atomic E-state index is 0. The molecule has 1 saturated heterocycles. The third-order valence-electron chi connectivity index (χ3n) is 3.34. The largest absolute Gasteiger partial charge is 0.379 e. The molecule has 2 N–H and O–H groups in total. The van der Waals surface area contributed by atoms with E-state index in [1.165, 1.54) is 6.42 Å².